The molecule has 0 saturated carbocycles. The van der Waals surface area contributed by atoms with Crippen molar-refractivity contribution in [3.05, 3.63) is 41.5 Å². The average molecular weight is 243 g/mol. The summed E-state index contributed by atoms with van der Waals surface area (Å²) in [6, 6.07) is 10.0. The summed E-state index contributed by atoms with van der Waals surface area (Å²) < 4.78 is 0. The number of piperidine rings is 1. The van der Waals surface area contributed by atoms with Gasteiger partial charge in [-0.3, -0.25) is 4.79 Å². The first-order valence-electron chi connectivity index (χ1n) is 6.69. The standard InChI is InChI=1S/C16H21NO/c1-13-7-6-10-17(12-13)16(18)14(2)11-15-8-4-3-5-9-15/h3-5,8-9,11,13H,6-7,10,12H2,1-2H3/b14-11-/t13-/m1/s1. The lowest BCUT2D eigenvalue weighted by atomic mass is 9.99. The third kappa shape index (κ3) is 3.22. The first-order chi connectivity index (χ1) is 8.66. The second kappa shape index (κ2) is 5.85. The summed E-state index contributed by atoms with van der Waals surface area (Å²) in [5, 5.41) is 0. The Morgan fingerprint density at radius 3 is 2.72 bits per heavy atom. The van der Waals surface area contributed by atoms with Crippen LogP contribution in [0.5, 0.6) is 0 Å². The van der Waals surface area contributed by atoms with E-state index >= 15 is 0 Å². The van der Waals surface area contributed by atoms with Gasteiger partial charge in [0.15, 0.2) is 0 Å². The molecule has 0 N–H and O–H groups in total. The van der Waals surface area contributed by atoms with Gasteiger partial charge in [0.2, 0.25) is 5.91 Å². The number of carbonyl (C=O) groups excluding carboxylic acids is 1. The summed E-state index contributed by atoms with van der Waals surface area (Å²) in [5.74, 6) is 0.817. The zero-order valence-electron chi connectivity index (χ0n) is 11.2. The van der Waals surface area contributed by atoms with Crippen LogP contribution < -0.4 is 0 Å². The molecule has 0 aromatic heterocycles. The van der Waals surface area contributed by atoms with Crippen molar-refractivity contribution in [2.75, 3.05) is 13.1 Å². The first-order valence-corrected chi connectivity index (χ1v) is 6.69. The van der Waals surface area contributed by atoms with Gasteiger partial charge in [0.05, 0.1) is 0 Å². The summed E-state index contributed by atoms with van der Waals surface area (Å²) in [6.45, 7) is 5.94. The monoisotopic (exact) mass is 243 g/mol. The van der Waals surface area contributed by atoms with Crippen LogP contribution in [0.25, 0.3) is 6.08 Å². The highest BCUT2D eigenvalue weighted by atomic mass is 16.2. The van der Waals surface area contributed by atoms with E-state index < -0.39 is 0 Å². The SMILES string of the molecule is C/C(=C/c1ccccc1)C(=O)N1CCC[C@@H](C)C1. The Morgan fingerprint density at radius 1 is 1.33 bits per heavy atom. The predicted octanol–water partition coefficient (Wildman–Crippen LogP) is 3.35. The van der Waals surface area contributed by atoms with Gasteiger partial charge in [-0.2, -0.15) is 0 Å². The summed E-state index contributed by atoms with van der Waals surface area (Å²) in [5.41, 5.74) is 1.92. The molecule has 0 aliphatic carbocycles. The Balaban J connectivity index is 2.06. The fourth-order valence-electron chi connectivity index (χ4n) is 2.48. The van der Waals surface area contributed by atoms with Crippen LogP contribution >= 0.6 is 0 Å². The van der Waals surface area contributed by atoms with Crippen molar-refractivity contribution in [3.63, 3.8) is 0 Å². The molecule has 1 heterocycles. The number of hydrogen-bond donors (Lipinski definition) is 0. The van der Waals surface area contributed by atoms with Crippen molar-refractivity contribution in [2.24, 2.45) is 5.92 Å². The lowest BCUT2D eigenvalue weighted by molar-refractivity contribution is -0.128. The Bertz CT molecular complexity index is 436. The number of carbonyl (C=O) groups is 1. The Hall–Kier alpha value is -1.57. The van der Waals surface area contributed by atoms with Crippen LogP contribution in [0.4, 0.5) is 0 Å². The van der Waals surface area contributed by atoms with E-state index in [9.17, 15) is 4.79 Å². The van der Waals surface area contributed by atoms with Crippen LogP contribution in [0.2, 0.25) is 0 Å². The molecule has 1 saturated heterocycles. The highest BCUT2D eigenvalue weighted by Gasteiger charge is 2.21. The van der Waals surface area contributed by atoms with E-state index in [0.717, 1.165) is 30.6 Å². The van der Waals surface area contributed by atoms with Crippen molar-refractivity contribution in [1.29, 1.82) is 0 Å². The molecule has 1 amide bonds. The molecule has 0 unspecified atom stereocenters. The summed E-state index contributed by atoms with van der Waals surface area (Å²) in [7, 11) is 0. The van der Waals surface area contributed by atoms with Crippen molar-refractivity contribution in [2.45, 2.75) is 26.7 Å². The molecule has 1 aliphatic rings. The van der Waals surface area contributed by atoms with Crippen LogP contribution in [0, 0.1) is 5.92 Å². The third-order valence-electron chi connectivity index (χ3n) is 3.46. The normalized spacial score (nSPS) is 20.9. The minimum atomic E-state index is 0.186. The van der Waals surface area contributed by atoms with Gasteiger partial charge >= 0.3 is 0 Å². The minimum absolute atomic E-state index is 0.186. The Morgan fingerprint density at radius 2 is 2.06 bits per heavy atom. The van der Waals surface area contributed by atoms with E-state index in [-0.39, 0.29) is 5.91 Å². The summed E-state index contributed by atoms with van der Waals surface area (Å²) in [4.78, 5) is 14.3. The molecule has 1 aromatic carbocycles. The molecule has 96 valence electrons. The quantitative estimate of drug-likeness (QED) is 0.729. The third-order valence-corrected chi connectivity index (χ3v) is 3.46. The maximum atomic E-state index is 12.3. The molecule has 2 rings (SSSR count). The Kier molecular flexibility index (Phi) is 4.19. The molecule has 2 nitrogen and oxygen atoms in total. The highest BCUT2D eigenvalue weighted by molar-refractivity contribution is 5.97. The molecule has 2 heteroatoms. The van der Waals surface area contributed by atoms with Gasteiger partial charge in [-0.1, -0.05) is 37.3 Å². The molecular formula is C16H21NO. The van der Waals surface area contributed by atoms with Crippen LogP contribution in [0.1, 0.15) is 32.3 Å². The number of benzene rings is 1. The van der Waals surface area contributed by atoms with Crippen molar-refractivity contribution in [3.8, 4) is 0 Å². The van der Waals surface area contributed by atoms with Crippen LogP contribution in [-0.2, 0) is 4.79 Å². The molecule has 0 bridgehead atoms. The van der Waals surface area contributed by atoms with Crippen LogP contribution in [-0.4, -0.2) is 23.9 Å². The molecule has 1 atom stereocenters. The van der Waals surface area contributed by atoms with Gasteiger partial charge < -0.3 is 4.90 Å². The number of hydrogen-bond acceptors (Lipinski definition) is 1. The van der Waals surface area contributed by atoms with Gasteiger partial charge in [-0.25, -0.2) is 0 Å². The van der Waals surface area contributed by atoms with Gasteiger partial charge in [0, 0.05) is 18.7 Å². The fourth-order valence-corrected chi connectivity index (χ4v) is 2.48. The molecule has 1 aromatic rings. The number of amides is 1. The average Bonchev–Trinajstić information content (AvgIpc) is 2.39. The summed E-state index contributed by atoms with van der Waals surface area (Å²) in [6.07, 6.45) is 4.35. The molecule has 1 aliphatic heterocycles. The second-order valence-electron chi connectivity index (χ2n) is 5.24. The molecule has 18 heavy (non-hydrogen) atoms. The number of nitrogens with zero attached hydrogens (tertiary/aromatic N) is 1. The zero-order chi connectivity index (χ0) is 13.0. The van der Waals surface area contributed by atoms with Crippen molar-refractivity contribution < 1.29 is 4.79 Å². The fraction of sp³-hybridized carbons (Fsp3) is 0.438. The van der Waals surface area contributed by atoms with Crippen LogP contribution in [0.15, 0.2) is 35.9 Å². The largest absolute Gasteiger partial charge is 0.339 e. The number of likely N-dealkylation sites (tertiary alicyclic amines) is 1. The number of rotatable bonds is 2. The highest BCUT2D eigenvalue weighted by Crippen LogP contribution is 2.18. The minimum Gasteiger partial charge on any atom is -0.339 e. The molecular weight excluding hydrogens is 222 g/mol. The van der Waals surface area contributed by atoms with Crippen molar-refractivity contribution in [1.82, 2.24) is 4.90 Å². The topological polar surface area (TPSA) is 20.3 Å². The lowest BCUT2D eigenvalue weighted by Crippen LogP contribution is -2.39. The molecule has 1 fully saturated rings. The lowest BCUT2D eigenvalue weighted by Gasteiger charge is -2.31. The van der Waals surface area contributed by atoms with Gasteiger partial charge in [0.25, 0.3) is 0 Å². The van der Waals surface area contributed by atoms with Crippen LogP contribution in [0.3, 0.4) is 0 Å². The van der Waals surface area contributed by atoms with E-state index in [4.69, 9.17) is 0 Å². The van der Waals surface area contributed by atoms with E-state index in [2.05, 4.69) is 6.92 Å². The first kappa shape index (κ1) is 12.9. The zero-order valence-corrected chi connectivity index (χ0v) is 11.2. The molecule has 0 spiro atoms. The van der Waals surface area contributed by atoms with Gasteiger partial charge in [-0.05, 0) is 37.3 Å². The van der Waals surface area contributed by atoms with E-state index in [1.54, 1.807) is 0 Å². The van der Waals surface area contributed by atoms with Gasteiger partial charge in [0.1, 0.15) is 0 Å². The smallest absolute Gasteiger partial charge is 0.249 e. The van der Waals surface area contributed by atoms with E-state index in [1.807, 2.05) is 48.2 Å². The van der Waals surface area contributed by atoms with Crippen molar-refractivity contribution >= 4 is 12.0 Å². The maximum Gasteiger partial charge on any atom is 0.249 e. The van der Waals surface area contributed by atoms with Gasteiger partial charge in [-0.15, -0.1) is 0 Å². The summed E-state index contributed by atoms with van der Waals surface area (Å²) >= 11 is 0. The van der Waals surface area contributed by atoms with E-state index in [0.29, 0.717) is 5.92 Å². The second-order valence-corrected chi connectivity index (χ2v) is 5.24. The van der Waals surface area contributed by atoms with E-state index in [1.165, 1.54) is 6.42 Å². The maximum absolute atomic E-state index is 12.3. The Labute approximate surface area is 109 Å². The molecule has 0 radical (unpaired) electrons. The predicted molar refractivity (Wildman–Crippen MR) is 75.1 cm³/mol.